The van der Waals surface area contributed by atoms with E-state index in [0.29, 0.717) is 36.8 Å². The van der Waals surface area contributed by atoms with Gasteiger partial charge < -0.3 is 31.4 Å². The number of hydrogen-bond acceptors (Lipinski definition) is 6. The molecular weight excluding hydrogens is 413 g/mol. The minimum Gasteiger partial charge on any atom is -0.492 e. The van der Waals surface area contributed by atoms with Crippen molar-refractivity contribution in [3.8, 4) is 11.5 Å². The summed E-state index contributed by atoms with van der Waals surface area (Å²) in [5.41, 5.74) is 13.5. The summed E-state index contributed by atoms with van der Waals surface area (Å²) in [6.45, 7) is 3.61. The lowest BCUT2D eigenvalue weighted by molar-refractivity contribution is 0.106. The standard InChI is InChI=1S/C18H25N3O3.3ClH/c1-13-9-16(19)18(20)17(10-13)24-12-14(22)11-21-7-8-23-15-5-3-2-4-6-15;;;/h2-6,9-10,14,21-22H,7-8,11-12,19-20H2,1H3;3*1H. The van der Waals surface area contributed by atoms with Crippen molar-refractivity contribution < 1.29 is 14.6 Å². The van der Waals surface area contributed by atoms with E-state index in [1.807, 2.05) is 37.3 Å². The van der Waals surface area contributed by atoms with Crippen LogP contribution in [0.25, 0.3) is 0 Å². The lowest BCUT2D eigenvalue weighted by Gasteiger charge is -2.16. The first-order valence-corrected chi connectivity index (χ1v) is 7.91. The van der Waals surface area contributed by atoms with Crippen molar-refractivity contribution in [3.05, 3.63) is 48.0 Å². The fourth-order valence-corrected chi connectivity index (χ4v) is 2.18. The van der Waals surface area contributed by atoms with Gasteiger partial charge in [-0.3, -0.25) is 0 Å². The molecule has 1 atom stereocenters. The quantitative estimate of drug-likeness (QED) is 0.353. The molecule has 2 aromatic carbocycles. The molecule has 27 heavy (non-hydrogen) atoms. The monoisotopic (exact) mass is 439 g/mol. The summed E-state index contributed by atoms with van der Waals surface area (Å²) in [6.07, 6.45) is -0.650. The maximum atomic E-state index is 9.96. The van der Waals surface area contributed by atoms with Gasteiger partial charge in [0.25, 0.3) is 0 Å². The molecule has 0 spiro atoms. The summed E-state index contributed by atoms with van der Waals surface area (Å²) in [5.74, 6) is 1.33. The van der Waals surface area contributed by atoms with E-state index in [1.165, 1.54) is 0 Å². The molecule has 0 saturated heterocycles. The van der Waals surface area contributed by atoms with E-state index < -0.39 is 6.10 Å². The number of nitrogens with two attached hydrogens (primary N) is 2. The van der Waals surface area contributed by atoms with Gasteiger partial charge >= 0.3 is 0 Å². The Kier molecular flexibility index (Phi) is 14.8. The van der Waals surface area contributed by atoms with Crippen molar-refractivity contribution >= 4 is 48.6 Å². The Morgan fingerprint density at radius 3 is 2.37 bits per heavy atom. The number of ether oxygens (including phenoxy) is 2. The number of nitrogens with one attached hydrogen (secondary N) is 1. The van der Waals surface area contributed by atoms with Crippen LogP contribution >= 0.6 is 37.2 Å². The molecule has 2 rings (SSSR count). The number of anilines is 2. The highest BCUT2D eigenvalue weighted by atomic mass is 35.5. The molecule has 0 aliphatic carbocycles. The second-order valence-corrected chi connectivity index (χ2v) is 5.60. The van der Waals surface area contributed by atoms with Crippen molar-refractivity contribution in [1.82, 2.24) is 5.32 Å². The highest BCUT2D eigenvalue weighted by Gasteiger charge is 2.09. The summed E-state index contributed by atoms with van der Waals surface area (Å²) in [6, 6.07) is 13.2. The third kappa shape index (κ3) is 9.79. The molecule has 6 N–H and O–H groups in total. The number of benzene rings is 2. The molecule has 1 unspecified atom stereocenters. The molecule has 154 valence electrons. The van der Waals surface area contributed by atoms with Gasteiger partial charge in [0.15, 0.2) is 0 Å². The van der Waals surface area contributed by atoms with Gasteiger partial charge in [-0.2, -0.15) is 0 Å². The van der Waals surface area contributed by atoms with Crippen LogP contribution in [0.1, 0.15) is 5.56 Å². The van der Waals surface area contributed by atoms with Gasteiger partial charge in [-0.25, -0.2) is 0 Å². The van der Waals surface area contributed by atoms with Crippen LogP contribution in [0.2, 0.25) is 0 Å². The van der Waals surface area contributed by atoms with Crippen molar-refractivity contribution in [2.75, 3.05) is 37.8 Å². The Morgan fingerprint density at radius 1 is 1.04 bits per heavy atom. The van der Waals surface area contributed by atoms with E-state index in [2.05, 4.69) is 5.32 Å². The van der Waals surface area contributed by atoms with Crippen LogP contribution in [-0.4, -0.2) is 37.5 Å². The molecule has 0 saturated carbocycles. The molecule has 0 aromatic heterocycles. The van der Waals surface area contributed by atoms with Gasteiger partial charge in [0.1, 0.15) is 30.8 Å². The summed E-state index contributed by atoms with van der Waals surface area (Å²) >= 11 is 0. The molecule has 0 aliphatic heterocycles. The summed E-state index contributed by atoms with van der Waals surface area (Å²) < 4.78 is 11.1. The zero-order chi connectivity index (χ0) is 17.4. The Bertz CT molecular complexity index is 648. The van der Waals surface area contributed by atoms with Crippen LogP contribution < -0.4 is 26.3 Å². The normalized spacial score (nSPS) is 10.6. The largest absolute Gasteiger partial charge is 0.492 e. The minimum absolute atomic E-state index is 0. The third-order valence-corrected chi connectivity index (χ3v) is 3.42. The Morgan fingerprint density at radius 2 is 1.70 bits per heavy atom. The minimum atomic E-state index is -0.650. The molecule has 6 nitrogen and oxygen atoms in total. The number of aliphatic hydroxyl groups is 1. The summed E-state index contributed by atoms with van der Waals surface area (Å²) in [7, 11) is 0. The average Bonchev–Trinajstić information content (AvgIpc) is 2.57. The number of rotatable bonds is 9. The van der Waals surface area contributed by atoms with Crippen LogP contribution in [0, 0.1) is 6.92 Å². The molecule has 2 aromatic rings. The van der Waals surface area contributed by atoms with Gasteiger partial charge in [0.2, 0.25) is 0 Å². The number of hydrogen-bond donors (Lipinski definition) is 4. The Labute approximate surface area is 178 Å². The van der Waals surface area contributed by atoms with Crippen LogP contribution in [0.15, 0.2) is 42.5 Å². The molecule has 0 bridgehead atoms. The van der Waals surface area contributed by atoms with E-state index in [1.54, 1.807) is 12.1 Å². The first-order chi connectivity index (χ1) is 11.6. The Hall–Kier alpha value is -1.57. The van der Waals surface area contributed by atoms with Crippen LogP contribution in [0.3, 0.4) is 0 Å². The zero-order valence-electron chi connectivity index (χ0n) is 15.1. The van der Waals surface area contributed by atoms with Gasteiger partial charge in [0, 0.05) is 13.1 Å². The van der Waals surface area contributed by atoms with E-state index >= 15 is 0 Å². The van der Waals surface area contributed by atoms with Crippen molar-refractivity contribution in [2.45, 2.75) is 13.0 Å². The topological polar surface area (TPSA) is 103 Å². The number of halogens is 3. The molecule has 0 amide bonds. The number of aliphatic hydroxyl groups excluding tert-OH is 1. The van der Waals surface area contributed by atoms with Gasteiger partial charge in [0.05, 0.1) is 11.4 Å². The molecule has 0 heterocycles. The van der Waals surface area contributed by atoms with E-state index in [0.717, 1.165) is 11.3 Å². The van der Waals surface area contributed by atoms with Crippen LogP contribution in [0.5, 0.6) is 11.5 Å². The highest BCUT2D eigenvalue weighted by Crippen LogP contribution is 2.29. The van der Waals surface area contributed by atoms with Crippen LogP contribution in [-0.2, 0) is 0 Å². The molecule has 0 aliphatic rings. The average molecular weight is 441 g/mol. The fourth-order valence-electron chi connectivity index (χ4n) is 2.18. The molecule has 9 heteroatoms. The first kappa shape index (κ1) is 27.6. The first-order valence-electron chi connectivity index (χ1n) is 7.91. The number of para-hydroxylation sites is 1. The number of nitrogen functional groups attached to an aromatic ring is 2. The maximum Gasteiger partial charge on any atom is 0.144 e. The van der Waals surface area contributed by atoms with Crippen molar-refractivity contribution in [3.63, 3.8) is 0 Å². The SMILES string of the molecule is Cc1cc(N)c(N)c(OCC(O)CNCCOc2ccccc2)c1.Cl.Cl.Cl. The van der Waals surface area contributed by atoms with E-state index in [4.69, 9.17) is 20.9 Å². The van der Waals surface area contributed by atoms with Gasteiger partial charge in [-0.1, -0.05) is 18.2 Å². The lowest BCUT2D eigenvalue weighted by Crippen LogP contribution is -2.33. The second kappa shape index (κ2) is 14.5. The lowest BCUT2D eigenvalue weighted by atomic mass is 10.2. The molecular formula is C18H28Cl3N3O3. The Balaban J connectivity index is 0. The smallest absolute Gasteiger partial charge is 0.144 e. The van der Waals surface area contributed by atoms with Crippen molar-refractivity contribution in [2.24, 2.45) is 0 Å². The van der Waals surface area contributed by atoms with Crippen LogP contribution in [0.4, 0.5) is 11.4 Å². The maximum absolute atomic E-state index is 9.96. The van der Waals surface area contributed by atoms with Crippen molar-refractivity contribution in [1.29, 1.82) is 0 Å². The third-order valence-electron chi connectivity index (χ3n) is 3.42. The number of aryl methyl sites for hydroxylation is 1. The fraction of sp³-hybridized carbons (Fsp3) is 0.333. The predicted octanol–water partition coefficient (Wildman–Crippen LogP) is 2.83. The van der Waals surface area contributed by atoms with E-state index in [-0.39, 0.29) is 43.8 Å². The second-order valence-electron chi connectivity index (χ2n) is 5.60. The predicted molar refractivity (Wildman–Crippen MR) is 118 cm³/mol. The summed E-state index contributed by atoms with van der Waals surface area (Å²) in [5, 5.41) is 13.1. The zero-order valence-corrected chi connectivity index (χ0v) is 17.5. The summed E-state index contributed by atoms with van der Waals surface area (Å²) in [4.78, 5) is 0. The van der Waals surface area contributed by atoms with Gasteiger partial charge in [-0.15, -0.1) is 37.2 Å². The molecule has 0 radical (unpaired) electrons. The molecule has 0 fully saturated rings. The highest BCUT2D eigenvalue weighted by molar-refractivity contribution is 5.86. The van der Waals surface area contributed by atoms with Gasteiger partial charge in [-0.05, 0) is 36.8 Å². The van der Waals surface area contributed by atoms with E-state index in [9.17, 15) is 5.11 Å².